The van der Waals surface area contributed by atoms with Crippen molar-refractivity contribution in [2.24, 2.45) is 7.05 Å². The van der Waals surface area contributed by atoms with Gasteiger partial charge in [0.1, 0.15) is 11.9 Å². The predicted molar refractivity (Wildman–Crippen MR) is 100 cm³/mol. The van der Waals surface area contributed by atoms with Crippen LogP contribution in [0.1, 0.15) is 30.6 Å². The lowest BCUT2D eigenvalue weighted by Gasteiger charge is -2.46. The lowest BCUT2D eigenvalue weighted by molar-refractivity contribution is -0.0893. The zero-order chi connectivity index (χ0) is 18.1. The summed E-state index contributed by atoms with van der Waals surface area (Å²) in [5.41, 5.74) is 1.88. The second kappa shape index (κ2) is 6.92. The van der Waals surface area contributed by atoms with E-state index < -0.39 is 0 Å². The maximum atomic E-state index is 12.4. The van der Waals surface area contributed by atoms with Crippen LogP contribution in [0.4, 0.5) is 10.5 Å². The Balaban J connectivity index is 1.36. The minimum absolute atomic E-state index is 0.0584. The minimum atomic E-state index is -0.0690. The Bertz CT molecular complexity index is 794. The molecule has 2 amide bonds. The van der Waals surface area contributed by atoms with E-state index in [4.69, 9.17) is 4.74 Å². The van der Waals surface area contributed by atoms with Gasteiger partial charge in [0.15, 0.2) is 5.16 Å². The number of carbonyl (C=O) groups excluding carboxylic acids is 1. The summed E-state index contributed by atoms with van der Waals surface area (Å²) in [6.07, 6.45) is 3.85. The molecule has 2 saturated heterocycles. The number of aryl methyl sites for hydroxylation is 1. The van der Waals surface area contributed by atoms with Crippen LogP contribution in [-0.2, 0) is 11.8 Å². The third-order valence-corrected chi connectivity index (χ3v) is 6.20. The van der Waals surface area contributed by atoms with Crippen LogP contribution in [0.3, 0.4) is 0 Å². The number of hydrogen-bond acceptors (Lipinski definition) is 5. The molecule has 0 aliphatic carbocycles. The smallest absolute Gasteiger partial charge is 0.322 e. The van der Waals surface area contributed by atoms with Crippen LogP contribution >= 0.6 is 11.8 Å². The number of urea groups is 1. The van der Waals surface area contributed by atoms with Crippen LogP contribution < -0.4 is 5.32 Å². The van der Waals surface area contributed by atoms with E-state index in [-0.39, 0.29) is 16.9 Å². The van der Waals surface area contributed by atoms with Crippen LogP contribution in [0, 0.1) is 0 Å². The molecule has 3 heterocycles. The number of anilines is 1. The van der Waals surface area contributed by atoms with Crippen LogP contribution in [0.25, 0.3) is 0 Å². The molecule has 4 rings (SSSR count). The number of thioether (sulfide) groups is 1. The average molecular weight is 373 g/mol. The van der Waals surface area contributed by atoms with Gasteiger partial charge in [0.05, 0.1) is 13.1 Å². The number of ether oxygens (including phenoxy) is 1. The maximum absolute atomic E-state index is 12.4. The van der Waals surface area contributed by atoms with E-state index in [0.717, 1.165) is 35.9 Å². The summed E-state index contributed by atoms with van der Waals surface area (Å²) in [6.45, 7) is 4.32. The van der Waals surface area contributed by atoms with Crippen molar-refractivity contribution in [2.45, 2.75) is 35.8 Å². The Morgan fingerprint density at radius 1 is 1.42 bits per heavy atom. The Morgan fingerprint density at radius 3 is 2.96 bits per heavy atom. The molecule has 1 aromatic heterocycles. The maximum Gasteiger partial charge on any atom is 0.322 e. The molecule has 2 aliphatic rings. The van der Waals surface area contributed by atoms with Gasteiger partial charge in [-0.15, -0.1) is 10.2 Å². The van der Waals surface area contributed by atoms with E-state index in [1.54, 1.807) is 18.1 Å². The first-order valence-electron chi connectivity index (χ1n) is 8.85. The fraction of sp³-hybridized carbons (Fsp3) is 0.500. The summed E-state index contributed by atoms with van der Waals surface area (Å²) in [7, 11) is 1.93. The summed E-state index contributed by atoms with van der Waals surface area (Å²) in [5.74, 6) is 0. The van der Waals surface area contributed by atoms with Crippen molar-refractivity contribution in [3.8, 4) is 0 Å². The molecular formula is C18H23N5O2S. The number of rotatable bonds is 4. The highest BCUT2D eigenvalue weighted by Crippen LogP contribution is 2.36. The molecule has 0 saturated carbocycles. The Kier molecular flexibility index (Phi) is 4.62. The standard InChI is InChI=1S/C18H23N5O2S/c1-13(26-17-21-19-12-22(17)2)14-5-3-6-15(9-14)20-16(24)23-10-18(11-23)7-4-8-25-18/h3,5-6,9,12-13H,4,7-8,10-11H2,1-2H3,(H,20,24)/t13-/m0/s1. The predicted octanol–water partition coefficient (Wildman–Crippen LogP) is 3.07. The molecule has 0 unspecified atom stereocenters. The molecule has 2 fully saturated rings. The first-order chi connectivity index (χ1) is 12.5. The normalized spacial score (nSPS) is 19.4. The van der Waals surface area contributed by atoms with Crippen LogP contribution in [0.5, 0.6) is 0 Å². The molecule has 1 N–H and O–H groups in total. The van der Waals surface area contributed by atoms with Crippen molar-refractivity contribution in [2.75, 3.05) is 25.0 Å². The zero-order valence-corrected chi connectivity index (χ0v) is 15.8. The highest BCUT2D eigenvalue weighted by atomic mass is 32.2. The number of hydrogen-bond donors (Lipinski definition) is 1. The molecule has 2 aliphatic heterocycles. The van der Waals surface area contributed by atoms with Crippen LogP contribution in [-0.4, -0.2) is 51.0 Å². The van der Waals surface area contributed by atoms with Gasteiger partial charge in [-0.2, -0.15) is 0 Å². The van der Waals surface area contributed by atoms with E-state index in [9.17, 15) is 4.79 Å². The first kappa shape index (κ1) is 17.4. The molecule has 26 heavy (non-hydrogen) atoms. The molecule has 8 heteroatoms. The van der Waals surface area contributed by atoms with Gasteiger partial charge >= 0.3 is 6.03 Å². The number of nitrogens with one attached hydrogen (secondary N) is 1. The Morgan fingerprint density at radius 2 is 2.27 bits per heavy atom. The van der Waals surface area contributed by atoms with Crippen molar-refractivity contribution in [3.63, 3.8) is 0 Å². The summed E-state index contributed by atoms with van der Waals surface area (Å²) in [5, 5.41) is 12.1. The number of carbonyl (C=O) groups is 1. The van der Waals surface area contributed by atoms with E-state index in [2.05, 4.69) is 28.5 Å². The third kappa shape index (κ3) is 3.43. The van der Waals surface area contributed by atoms with Gasteiger partial charge in [0, 0.05) is 24.6 Å². The molecule has 7 nitrogen and oxygen atoms in total. The van der Waals surface area contributed by atoms with Gasteiger partial charge in [-0.3, -0.25) is 0 Å². The van der Waals surface area contributed by atoms with Gasteiger partial charge in [0.25, 0.3) is 0 Å². The van der Waals surface area contributed by atoms with Crippen LogP contribution in [0.2, 0.25) is 0 Å². The molecule has 0 bridgehead atoms. The van der Waals surface area contributed by atoms with E-state index in [0.29, 0.717) is 13.1 Å². The number of amides is 2. The van der Waals surface area contributed by atoms with Crippen molar-refractivity contribution in [1.29, 1.82) is 0 Å². The number of aromatic nitrogens is 3. The van der Waals surface area contributed by atoms with Crippen molar-refractivity contribution >= 4 is 23.5 Å². The molecule has 1 atom stereocenters. The second-order valence-corrected chi connectivity index (χ2v) is 8.34. The number of likely N-dealkylation sites (tertiary alicyclic amines) is 1. The summed E-state index contributed by atoms with van der Waals surface area (Å²) < 4.78 is 7.68. The monoisotopic (exact) mass is 373 g/mol. The average Bonchev–Trinajstić information content (AvgIpc) is 3.23. The van der Waals surface area contributed by atoms with Gasteiger partial charge in [-0.1, -0.05) is 23.9 Å². The minimum Gasteiger partial charge on any atom is -0.371 e. The largest absolute Gasteiger partial charge is 0.371 e. The zero-order valence-electron chi connectivity index (χ0n) is 15.0. The quantitative estimate of drug-likeness (QED) is 0.834. The lowest BCUT2D eigenvalue weighted by atomic mass is 9.91. The third-order valence-electron chi connectivity index (χ3n) is 4.99. The second-order valence-electron chi connectivity index (χ2n) is 7.03. The molecule has 1 spiro atoms. The molecule has 1 aromatic carbocycles. The van der Waals surface area contributed by atoms with E-state index >= 15 is 0 Å². The fourth-order valence-electron chi connectivity index (χ4n) is 3.47. The Hall–Kier alpha value is -2.06. The highest BCUT2D eigenvalue weighted by Gasteiger charge is 2.48. The fourth-order valence-corrected chi connectivity index (χ4v) is 4.38. The molecule has 2 aromatic rings. The Labute approximate surface area is 157 Å². The SMILES string of the molecule is C[C@H](Sc1nncn1C)c1cccc(NC(=O)N2CC3(CCCO3)C2)c1. The number of benzene rings is 1. The topological polar surface area (TPSA) is 72.3 Å². The molecular weight excluding hydrogens is 350 g/mol. The van der Waals surface area contributed by atoms with E-state index in [1.165, 1.54) is 0 Å². The van der Waals surface area contributed by atoms with Crippen molar-refractivity contribution < 1.29 is 9.53 Å². The summed E-state index contributed by atoms with van der Waals surface area (Å²) in [6, 6.07) is 7.92. The van der Waals surface area contributed by atoms with Crippen LogP contribution in [0.15, 0.2) is 35.7 Å². The van der Waals surface area contributed by atoms with Gasteiger partial charge < -0.3 is 19.5 Å². The lowest BCUT2D eigenvalue weighted by Crippen LogP contribution is -2.63. The summed E-state index contributed by atoms with van der Waals surface area (Å²) in [4.78, 5) is 14.3. The molecule has 0 radical (unpaired) electrons. The summed E-state index contributed by atoms with van der Waals surface area (Å²) >= 11 is 1.64. The van der Waals surface area contributed by atoms with E-state index in [1.807, 2.05) is 34.7 Å². The van der Waals surface area contributed by atoms with Crippen molar-refractivity contribution in [1.82, 2.24) is 19.7 Å². The van der Waals surface area contributed by atoms with Gasteiger partial charge in [-0.25, -0.2) is 4.79 Å². The first-order valence-corrected chi connectivity index (χ1v) is 9.73. The number of nitrogens with zero attached hydrogens (tertiary/aromatic N) is 4. The highest BCUT2D eigenvalue weighted by molar-refractivity contribution is 7.99. The van der Waals surface area contributed by atoms with Gasteiger partial charge in [-0.05, 0) is 37.5 Å². The van der Waals surface area contributed by atoms with Crippen molar-refractivity contribution in [3.05, 3.63) is 36.2 Å². The molecule has 138 valence electrons. The van der Waals surface area contributed by atoms with Gasteiger partial charge in [0.2, 0.25) is 0 Å².